The molecule has 0 aromatic heterocycles. The van der Waals surface area contributed by atoms with E-state index in [0.29, 0.717) is 5.92 Å². The number of anilines is 1. The molecule has 0 bridgehead atoms. The number of hydrogen-bond acceptors (Lipinski definition) is 2. The largest absolute Gasteiger partial charge is 0.384 e. The predicted octanol–water partition coefficient (Wildman–Crippen LogP) is 2.89. The minimum absolute atomic E-state index is 0.275. The van der Waals surface area contributed by atoms with Crippen LogP contribution in [0.15, 0.2) is 24.3 Å². The summed E-state index contributed by atoms with van der Waals surface area (Å²) in [5, 5.41) is 6.55. The second-order valence-electron chi connectivity index (χ2n) is 5.73. The predicted molar refractivity (Wildman–Crippen MR) is 77.3 cm³/mol. The van der Waals surface area contributed by atoms with Crippen LogP contribution in [0.25, 0.3) is 0 Å². The fourth-order valence-electron chi connectivity index (χ4n) is 3.32. The normalized spacial score (nSPS) is 22.0. The molecule has 1 amide bonds. The summed E-state index contributed by atoms with van der Waals surface area (Å²) in [6.45, 7) is 1.80. The lowest BCUT2D eigenvalue weighted by Crippen LogP contribution is -2.30. The molecule has 0 saturated heterocycles. The Balaban J connectivity index is 1.47. The van der Waals surface area contributed by atoms with E-state index in [-0.39, 0.29) is 11.8 Å². The van der Waals surface area contributed by atoms with Gasteiger partial charge in [0.2, 0.25) is 5.91 Å². The van der Waals surface area contributed by atoms with Crippen molar-refractivity contribution in [3.05, 3.63) is 29.8 Å². The van der Waals surface area contributed by atoms with Crippen LogP contribution >= 0.6 is 0 Å². The average Bonchev–Trinajstić information content (AvgIpc) is 3.08. The van der Waals surface area contributed by atoms with Gasteiger partial charge in [-0.05, 0) is 30.9 Å². The number of para-hydroxylation sites is 1. The number of amides is 1. The van der Waals surface area contributed by atoms with Gasteiger partial charge in [0.1, 0.15) is 0 Å². The quantitative estimate of drug-likeness (QED) is 0.872. The van der Waals surface area contributed by atoms with Gasteiger partial charge < -0.3 is 10.6 Å². The number of fused-ring (bicyclic) bond motifs is 1. The van der Waals surface area contributed by atoms with E-state index in [2.05, 4.69) is 34.9 Å². The summed E-state index contributed by atoms with van der Waals surface area (Å²) in [5.41, 5.74) is 2.66. The van der Waals surface area contributed by atoms with E-state index in [0.717, 1.165) is 32.4 Å². The van der Waals surface area contributed by atoms with E-state index in [4.69, 9.17) is 0 Å². The molecule has 0 radical (unpaired) electrons. The molecule has 2 aliphatic rings. The molecule has 3 heteroatoms. The third kappa shape index (κ3) is 2.75. The number of carbonyl (C=O) groups is 1. The number of carbonyl (C=O) groups excluding carboxylic acids is 1. The summed E-state index contributed by atoms with van der Waals surface area (Å²) in [5.74, 6) is 1.10. The summed E-state index contributed by atoms with van der Waals surface area (Å²) >= 11 is 0. The van der Waals surface area contributed by atoms with Crippen LogP contribution in [0.4, 0.5) is 5.69 Å². The zero-order chi connectivity index (χ0) is 13.1. The summed E-state index contributed by atoms with van der Waals surface area (Å²) < 4.78 is 0. The van der Waals surface area contributed by atoms with Crippen molar-refractivity contribution in [2.75, 3.05) is 18.4 Å². The Morgan fingerprint density at radius 2 is 2.05 bits per heavy atom. The van der Waals surface area contributed by atoms with Gasteiger partial charge in [-0.3, -0.25) is 4.79 Å². The Kier molecular flexibility index (Phi) is 3.72. The molecule has 1 aromatic carbocycles. The first-order valence-corrected chi connectivity index (χ1v) is 7.45. The second kappa shape index (κ2) is 5.64. The van der Waals surface area contributed by atoms with Crippen molar-refractivity contribution < 1.29 is 4.79 Å². The standard InChI is InChI=1S/C16H22N2O/c19-16(12-5-1-2-6-12)17-10-9-13-11-18-15-8-4-3-7-14(13)15/h3-4,7-8,12-13,18H,1-2,5-6,9-11H2,(H,17,19). The van der Waals surface area contributed by atoms with E-state index in [1.165, 1.54) is 24.1 Å². The fourth-order valence-corrected chi connectivity index (χ4v) is 3.32. The first-order valence-electron chi connectivity index (χ1n) is 7.45. The van der Waals surface area contributed by atoms with Crippen LogP contribution < -0.4 is 10.6 Å². The average molecular weight is 258 g/mol. The third-order valence-corrected chi connectivity index (χ3v) is 4.46. The molecule has 1 aliphatic carbocycles. The summed E-state index contributed by atoms with van der Waals surface area (Å²) in [6, 6.07) is 8.48. The molecule has 102 valence electrons. The first kappa shape index (κ1) is 12.5. The van der Waals surface area contributed by atoms with Crippen molar-refractivity contribution in [2.45, 2.75) is 38.0 Å². The maximum absolute atomic E-state index is 11.9. The monoisotopic (exact) mass is 258 g/mol. The molecule has 3 nitrogen and oxygen atoms in total. The number of nitrogens with one attached hydrogen (secondary N) is 2. The van der Waals surface area contributed by atoms with Crippen molar-refractivity contribution >= 4 is 11.6 Å². The lowest BCUT2D eigenvalue weighted by atomic mass is 9.98. The maximum Gasteiger partial charge on any atom is 0.223 e. The molecule has 1 saturated carbocycles. The van der Waals surface area contributed by atoms with Gasteiger partial charge in [-0.2, -0.15) is 0 Å². The molecule has 1 atom stereocenters. The second-order valence-corrected chi connectivity index (χ2v) is 5.73. The molecular formula is C16H22N2O. The van der Waals surface area contributed by atoms with Gasteiger partial charge >= 0.3 is 0 Å². The van der Waals surface area contributed by atoms with Crippen LogP contribution in [-0.2, 0) is 4.79 Å². The van der Waals surface area contributed by atoms with Crippen molar-refractivity contribution in [2.24, 2.45) is 5.92 Å². The van der Waals surface area contributed by atoms with Crippen molar-refractivity contribution in [3.8, 4) is 0 Å². The molecule has 2 N–H and O–H groups in total. The summed E-state index contributed by atoms with van der Waals surface area (Å²) in [7, 11) is 0. The van der Waals surface area contributed by atoms with Crippen molar-refractivity contribution in [1.82, 2.24) is 5.32 Å². The Labute approximate surface area is 114 Å². The van der Waals surface area contributed by atoms with Crippen molar-refractivity contribution in [3.63, 3.8) is 0 Å². The SMILES string of the molecule is O=C(NCCC1CNc2ccccc21)C1CCCC1. The summed E-state index contributed by atoms with van der Waals surface area (Å²) in [6.07, 6.45) is 5.64. The zero-order valence-corrected chi connectivity index (χ0v) is 11.3. The van der Waals surface area contributed by atoms with Crippen LogP contribution in [-0.4, -0.2) is 19.0 Å². The Morgan fingerprint density at radius 3 is 2.89 bits per heavy atom. The van der Waals surface area contributed by atoms with Crippen LogP contribution in [0.1, 0.15) is 43.6 Å². The van der Waals surface area contributed by atoms with Crippen LogP contribution in [0.5, 0.6) is 0 Å². The van der Waals surface area contributed by atoms with E-state index >= 15 is 0 Å². The highest BCUT2D eigenvalue weighted by atomic mass is 16.1. The molecule has 1 heterocycles. The topological polar surface area (TPSA) is 41.1 Å². The minimum atomic E-state index is 0.275. The molecular weight excluding hydrogens is 236 g/mol. The highest BCUT2D eigenvalue weighted by Gasteiger charge is 2.24. The minimum Gasteiger partial charge on any atom is -0.384 e. The molecule has 19 heavy (non-hydrogen) atoms. The highest BCUT2D eigenvalue weighted by Crippen LogP contribution is 2.32. The third-order valence-electron chi connectivity index (χ3n) is 4.46. The summed E-state index contributed by atoms with van der Waals surface area (Å²) in [4.78, 5) is 11.9. The number of benzene rings is 1. The van der Waals surface area contributed by atoms with Crippen LogP contribution in [0, 0.1) is 5.92 Å². The van der Waals surface area contributed by atoms with Gasteiger partial charge in [-0.25, -0.2) is 0 Å². The Bertz CT molecular complexity index is 452. The Morgan fingerprint density at radius 1 is 1.26 bits per heavy atom. The van der Waals surface area contributed by atoms with Crippen molar-refractivity contribution in [1.29, 1.82) is 0 Å². The van der Waals surface area contributed by atoms with E-state index < -0.39 is 0 Å². The molecule has 0 spiro atoms. The molecule has 1 fully saturated rings. The molecule has 1 unspecified atom stereocenters. The molecule has 3 rings (SSSR count). The Hall–Kier alpha value is -1.51. The van der Waals surface area contributed by atoms with E-state index in [1.54, 1.807) is 0 Å². The van der Waals surface area contributed by atoms with E-state index in [9.17, 15) is 4.79 Å². The van der Waals surface area contributed by atoms with Gasteiger partial charge in [0, 0.05) is 30.6 Å². The van der Waals surface area contributed by atoms with Gasteiger partial charge in [-0.15, -0.1) is 0 Å². The zero-order valence-electron chi connectivity index (χ0n) is 11.3. The van der Waals surface area contributed by atoms with Crippen LogP contribution in [0.2, 0.25) is 0 Å². The smallest absolute Gasteiger partial charge is 0.223 e. The lowest BCUT2D eigenvalue weighted by molar-refractivity contribution is -0.124. The van der Waals surface area contributed by atoms with E-state index in [1.807, 2.05) is 0 Å². The number of rotatable bonds is 4. The molecule has 1 aliphatic heterocycles. The molecule has 1 aromatic rings. The first-order chi connectivity index (χ1) is 9.34. The number of hydrogen-bond donors (Lipinski definition) is 2. The fraction of sp³-hybridized carbons (Fsp3) is 0.562. The van der Waals surface area contributed by atoms with Gasteiger partial charge in [0.25, 0.3) is 0 Å². The van der Waals surface area contributed by atoms with Gasteiger partial charge in [0.05, 0.1) is 0 Å². The highest BCUT2D eigenvalue weighted by molar-refractivity contribution is 5.78. The van der Waals surface area contributed by atoms with Gasteiger partial charge in [-0.1, -0.05) is 31.0 Å². The lowest BCUT2D eigenvalue weighted by Gasteiger charge is -2.13. The van der Waals surface area contributed by atoms with Gasteiger partial charge in [0.15, 0.2) is 0 Å². The maximum atomic E-state index is 11.9. The van der Waals surface area contributed by atoms with Crippen LogP contribution in [0.3, 0.4) is 0 Å².